The van der Waals surface area contributed by atoms with Gasteiger partial charge in [-0.25, -0.2) is 0 Å². The maximum atomic E-state index is 10.7. The molecule has 0 aliphatic carbocycles. The molecule has 2 atom stereocenters. The van der Waals surface area contributed by atoms with Gasteiger partial charge in [0.25, 0.3) is 0 Å². The fraction of sp³-hybridized carbons (Fsp3) is 0.833. The molecule has 3 nitrogen and oxygen atoms in total. The normalized spacial score (nSPS) is 16.9. The van der Waals surface area contributed by atoms with Crippen LogP contribution in [0.5, 0.6) is 0 Å². The summed E-state index contributed by atoms with van der Waals surface area (Å²) in [5.41, 5.74) is 10.6. The molecular formula is C6H14N2O. The Labute approximate surface area is 55.4 Å². The minimum Gasteiger partial charge on any atom is -0.328 e. The number of hydrogen-bond donors (Lipinski definition) is 2. The SMILES string of the molecule is CC(N)CC(=O)C(C)N. The number of carbonyl (C=O) groups is 1. The molecule has 0 saturated carbocycles. The van der Waals surface area contributed by atoms with E-state index in [9.17, 15) is 4.79 Å². The monoisotopic (exact) mass is 130 g/mol. The van der Waals surface area contributed by atoms with E-state index in [2.05, 4.69) is 0 Å². The zero-order valence-electron chi connectivity index (χ0n) is 5.92. The van der Waals surface area contributed by atoms with Gasteiger partial charge in [0.2, 0.25) is 0 Å². The molecule has 0 aliphatic rings. The standard InChI is InChI=1S/C6H14N2O/c1-4(7)3-6(9)5(2)8/h4-5H,3,7-8H2,1-2H3. The van der Waals surface area contributed by atoms with Gasteiger partial charge in [-0.1, -0.05) is 0 Å². The van der Waals surface area contributed by atoms with E-state index < -0.39 is 0 Å². The summed E-state index contributed by atoms with van der Waals surface area (Å²) in [6.45, 7) is 3.46. The lowest BCUT2D eigenvalue weighted by Gasteiger charge is -2.05. The Hall–Kier alpha value is -0.410. The van der Waals surface area contributed by atoms with Crippen LogP contribution in [0.2, 0.25) is 0 Å². The van der Waals surface area contributed by atoms with Gasteiger partial charge in [0.05, 0.1) is 6.04 Å². The highest BCUT2D eigenvalue weighted by Crippen LogP contribution is 1.90. The van der Waals surface area contributed by atoms with Gasteiger partial charge in [0.15, 0.2) is 5.78 Å². The van der Waals surface area contributed by atoms with Crippen LogP contribution in [0.1, 0.15) is 20.3 Å². The van der Waals surface area contributed by atoms with Crippen LogP contribution < -0.4 is 11.5 Å². The van der Waals surface area contributed by atoms with Crippen molar-refractivity contribution in [2.75, 3.05) is 0 Å². The van der Waals surface area contributed by atoms with Crippen molar-refractivity contribution in [1.82, 2.24) is 0 Å². The van der Waals surface area contributed by atoms with Crippen LogP contribution >= 0.6 is 0 Å². The predicted octanol–water partition coefficient (Wildman–Crippen LogP) is -0.360. The van der Waals surface area contributed by atoms with Gasteiger partial charge in [-0.2, -0.15) is 0 Å². The summed E-state index contributed by atoms with van der Waals surface area (Å²) in [4.78, 5) is 10.7. The van der Waals surface area contributed by atoms with Crippen LogP contribution in [0, 0.1) is 0 Å². The molecule has 9 heavy (non-hydrogen) atoms. The average molecular weight is 130 g/mol. The minimum atomic E-state index is -0.365. The Morgan fingerprint density at radius 3 is 2.00 bits per heavy atom. The zero-order chi connectivity index (χ0) is 7.44. The first-order chi connectivity index (χ1) is 4.04. The molecule has 0 fully saturated rings. The molecule has 0 rings (SSSR count). The van der Waals surface area contributed by atoms with E-state index in [1.807, 2.05) is 0 Å². The summed E-state index contributed by atoms with van der Waals surface area (Å²) in [6, 6.07) is -0.431. The molecule has 0 aliphatic heterocycles. The Kier molecular flexibility index (Phi) is 3.42. The first-order valence-corrected chi connectivity index (χ1v) is 3.08. The van der Waals surface area contributed by atoms with Gasteiger partial charge in [-0.3, -0.25) is 4.79 Å². The molecule has 3 heteroatoms. The highest BCUT2D eigenvalue weighted by molar-refractivity contribution is 5.83. The van der Waals surface area contributed by atoms with E-state index in [1.54, 1.807) is 13.8 Å². The summed E-state index contributed by atoms with van der Waals surface area (Å²) in [6.07, 6.45) is 0.387. The van der Waals surface area contributed by atoms with E-state index >= 15 is 0 Å². The highest BCUT2D eigenvalue weighted by atomic mass is 16.1. The van der Waals surface area contributed by atoms with Gasteiger partial charge >= 0.3 is 0 Å². The number of hydrogen-bond acceptors (Lipinski definition) is 3. The van der Waals surface area contributed by atoms with Crippen LogP contribution in [0.3, 0.4) is 0 Å². The summed E-state index contributed by atoms with van der Waals surface area (Å²) < 4.78 is 0. The second-order valence-corrected chi connectivity index (χ2v) is 2.44. The number of rotatable bonds is 3. The number of nitrogens with two attached hydrogens (primary N) is 2. The van der Waals surface area contributed by atoms with Crippen LogP contribution in [-0.4, -0.2) is 17.9 Å². The van der Waals surface area contributed by atoms with Gasteiger partial charge < -0.3 is 11.5 Å². The highest BCUT2D eigenvalue weighted by Gasteiger charge is 2.08. The molecule has 0 bridgehead atoms. The third-order valence-electron chi connectivity index (χ3n) is 1.03. The molecule has 0 saturated heterocycles. The van der Waals surface area contributed by atoms with Crippen molar-refractivity contribution in [2.24, 2.45) is 11.5 Å². The predicted molar refractivity (Wildman–Crippen MR) is 36.9 cm³/mol. The van der Waals surface area contributed by atoms with Crippen LogP contribution in [0.4, 0.5) is 0 Å². The first kappa shape index (κ1) is 8.59. The topological polar surface area (TPSA) is 69.1 Å². The molecule has 0 aromatic carbocycles. The molecular weight excluding hydrogens is 116 g/mol. The lowest BCUT2D eigenvalue weighted by molar-refractivity contribution is -0.120. The molecule has 0 aromatic rings. The van der Waals surface area contributed by atoms with Crippen molar-refractivity contribution < 1.29 is 4.79 Å². The van der Waals surface area contributed by atoms with Crippen molar-refractivity contribution >= 4 is 5.78 Å². The molecule has 0 aromatic heterocycles. The third kappa shape index (κ3) is 4.12. The molecule has 0 heterocycles. The summed E-state index contributed by atoms with van der Waals surface area (Å²) in [7, 11) is 0. The van der Waals surface area contributed by atoms with Gasteiger partial charge in [-0.15, -0.1) is 0 Å². The molecule has 0 amide bonds. The maximum Gasteiger partial charge on any atom is 0.150 e. The average Bonchev–Trinajstić information content (AvgIpc) is 1.63. The summed E-state index contributed by atoms with van der Waals surface area (Å²) >= 11 is 0. The van der Waals surface area contributed by atoms with E-state index in [1.165, 1.54) is 0 Å². The van der Waals surface area contributed by atoms with E-state index in [-0.39, 0.29) is 17.9 Å². The molecule has 0 radical (unpaired) electrons. The quantitative estimate of drug-likeness (QED) is 0.548. The van der Waals surface area contributed by atoms with Crippen molar-refractivity contribution in [3.63, 3.8) is 0 Å². The number of carbonyl (C=O) groups excluding carboxylic acids is 1. The van der Waals surface area contributed by atoms with Crippen molar-refractivity contribution in [1.29, 1.82) is 0 Å². The van der Waals surface area contributed by atoms with Crippen molar-refractivity contribution in [3.8, 4) is 0 Å². The van der Waals surface area contributed by atoms with Gasteiger partial charge in [0, 0.05) is 12.5 Å². The van der Waals surface area contributed by atoms with E-state index in [0.717, 1.165) is 0 Å². The fourth-order valence-corrected chi connectivity index (χ4v) is 0.503. The Morgan fingerprint density at radius 1 is 1.44 bits per heavy atom. The zero-order valence-corrected chi connectivity index (χ0v) is 5.92. The minimum absolute atomic E-state index is 0.0324. The summed E-state index contributed by atoms with van der Waals surface area (Å²) in [5.74, 6) is 0.0324. The van der Waals surface area contributed by atoms with Gasteiger partial charge in [0.1, 0.15) is 0 Å². The summed E-state index contributed by atoms with van der Waals surface area (Å²) in [5, 5.41) is 0. The van der Waals surface area contributed by atoms with Crippen LogP contribution in [-0.2, 0) is 4.79 Å². The molecule has 0 spiro atoms. The van der Waals surface area contributed by atoms with Crippen molar-refractivity contribution in [2.45, 2.75) is 32.4 Å². The molecule has 4 N–H and O–H groups in total. The first-order valence-electron chi connectivity index (χ1n) is 3.08. The fourth-order valence-electron chi connectivity index (χ4n) is 0.503. The van der Waals surface area contributed by atoms with Crippen LogP contribution in [0.15, 0.2) is 0 Å². The second-order valence-electron chi connectivity index (χ2n) is 2.44. The van der Waals surface area contributed by atoms with E-state index in [4.69, 9.17) is 11.5 Å². The van der Waals surface area contributed by atoms with Crippen molar-refractivity contribution in [3.05, 3.63) is 0 Å². The molecule has 2 unspecified atom stereocenters. The number of ketones is 1. The number of Topliss-reactive ketones (excluding diaryl/α,β-unsaturated/α-hetero) is 1. The second kappa shape index (κ2) is 3.58. The Balaban J connectivity index is 3.51. The largest absolute Gasteiger partial charge is 0.328 e. The third-order valence-corrected chi connectivity index (χ3v) is 1.03. The smallest absolute Gasteiger partial charge is 0.150 e. The van der Waals surface area contributed by atoms with Gasteiger partial charge in [-0.05, 0) is 13.8 Å². The Bertz CT molecular complexity index is 99.2. The Morgan fingerprint density at radius 2 is 1.89 bits per heavy atom. The molecule has 54 valence electrons. The lowest BCUT2D eigenvalue weighted by atomic mass is 10.1. The lowest BCUT2D eigenvalue weighted by Crippen LogP contribution is -2.31. The van der Waals surface area contributed by atoms with Crippen LogP contribution in [0.25, 0.3) is 0 Å². The van der Waals surface area contributed by atoms with E-state index in [0.29, 0.717) is 6.42 Å². The maximum absolute atomic E-state index is 10.7.